The summed E-state index contributed by atoms with van der Waals surface area (Å²) in [5.41, 5.74) is 4.11. The van der Waals surface area contributed by atoms with Crippen molar-refractivity contribution in [3.8, 4) is 17.3 Å². The van der Waals surface area contributed by atoms with Gasteiger partial charge in [0.25, 0.3) is 5.91 Å². The molecule has 6 rings (SSSR count). The van der Waals surface area contributed by atoms with E-state index in [4.69, 9.17) is 4.74 Å². The number of anilines is 1. The second-order valence-corrected chi connectivity index (χ2v) is 12.2. The number of rotatable bonds is 8. The largest absolute Gasteiger partial charge is 0.444 e. The fourth-order valence-corrected chi connectivity index (χ4v) is 6.82. The Balaban J connectivity index is 1.17. The molecule has 11 heteroatoms. The molecule has 2 aliphatic rings. The molecule has 1 unspecified atom stereocenters. The molecular formula is C32H27N5O4S2. The van der Waals surface area contributed by atoms with Crippen molar-refractivity contribution in [1.29, 1.82) is 5.26 Å². The molecule has 2 fully saturated rings. The normalized spacial score (nSPS) is 17.6. The predicted molar refractivity (Wildman–Crippen MR) is 165 cm³/mol. The zero-order valence-electron chi connectivity index (χ0n) is 22.9. The molecule has 9 nitrogen and oxygen atoms in total. The zero-order valence-corrected chi connectivity index (χ0v) is 24.6. The maximum absolute atomic E-state index is 13.6. The lowest BCUT2D eigenvalue weighted by Crippen LogP contribution is -2.45. The van der Waals surface area contributed by atoms with Gasteiger partial charge in [-0.05, 0) is 48.2 Å². The van der Waals surface area contributed by atoms with Crippen molar-refractivity contribution in [2.24, 2.45) is 0 Å². The van der Waals surface area contributed by atoms with E-state index in [1.54, 1.807) is 30.3 Å². The van der Waals surface area contributed by atoms with Gasteiger partial charge in [-0.3, -0.25) is 14.5 Å². The summed E-state index contributed by atoms with van der Waals surface area (Å²) in [5.74, 6) is -0.119. The van der Waals surface area contributed by atoms with Gasteiger partial charge in [0.1, 0.15) is 18.0 Å². The van der Waals surface area contributed by atoms with E-state index in [0.29, 0.717) is 27.7 Å². The summed E-state index contributed by atoms with van der Waals surface area (Å²) in [6, 6.07) is 25.2. The summed E-state index contributed by atoms with van der Waals surface area (Å²) in [4.78, 5) is 45.3. The number of carbonyl (C=O) groups is 3. The van der Waals surface area contributed by atoms with Crippen LogP contribution in [-0.4, -0.2) is 45.6 Å². The van der Waals surface area contributed by atoms with E-state index in [1.807, 2.05) is 53.9 Å². The van der Waals surface area contributed by atoms with Crippen molar-refractivity contribution in [2.45, 2.75) is 36.9 Å². The van der Waals surface area contributed by atoms with Gasteiger partial charge < -0.3 is 15.4 Å². The topological polar surface area (TPSA) is 124 Å². The summed E-state index contributed by atoms with van der Waals surface area (Å²) < 4.78 is 5.65. The number of nitrogens with zero attached hydrogens (tertiary/aromatic N) is 3. The highest BCUT2D eigenvalue weighted by Gasteiger charge is 2.43. The summed E-state index contributed by atoms with van der Waals surface area (Å²) in [7, 11) is 0. The number of benzene rings is 3. The van der Waals surface area contributed by atoms with E-state index in [0.717, 1.165) is 29.5 Å². The molecular weight excluding hydrogens is 583 g/mol. The highest BCUT2D eigenvalue weighted by atomic mass is 32.2. The van der Waals surface area contributed by atoms with Crippen LogP contribution in [0.25, 0.3) is 11.3 Å². The molecule has 2 N–H and O–H groups in total. The van der Waals surface area contributed by atoms with E-state index >= 15 is 0 Å². The number of hydrogen-bond acceptors (Lipinski definition) is 8. The molecule has 1 saturated heterocycles. The van der Waals surface area contributed by atoms with Gasteiger partial charge in [0.05, 0.1) is 17.3 Å². The highest BCUT2D eigenvalue weighted by Crippen LogP contribution is 2.42. The van der Waals surface area contributed by atoms with Crippen molar-refractivity contribution >= 4 is 46.1 Å². The lowest BCUT2D eigenvalue weighted by molar-refractivity contribution is -0.120. The Morgan fingerprint density at radius 2 is 1.81 bits per heavy atom. The SMILES string of the molecule is N#Cc1cccc([C@H]2SCC(C(=O)Nc3nc(-c4ccc(C(=O)NC5CC5)cc4)cs3)N2C(=O)OCc2ccccc2)c1. The number of carbonyl (C=O) groups excluding carboxylic acids is 3. The molecule has 0 bridgehead atoms. The van der Waals surface area contributed by atoms with Crippen LogP contribution < -0.4 is 10.6 Å². The van der Waals surface area contributed by atoms with Gasteiger partial charge in [-0.25, -0.2) is 9.78 Å². The third kappa shape index (κ3) is 6.71. The van der Waals surface area contributed by atoms with E-state index in [9.17, 15) is 19.6 Å². The minimum atomic E-state index is -0.819. The van der Waals surface area contributed by atoms with Crippen LogP contribution in [0.2, 0.25) is 0 Å². The van der Waals surface area contributed by atoms with Gasteiger partial charge in [0.15, 0.2) is 5.13 Å². The number of amides is 3. The average molecular weight is 610 g/mol. The van der Waals surface area contributed by atoms with Crippen LogP contribution in [0.5, 0.6) is 0 Å². The third-order valence-electron chi connectivity index (χ3n) is 7.11. The predicted octanol–water partition coefficient (Wildman–Crippen LogP) is 5.97. The number of nitrogens with one attached hydrogen (secondary N) is 2. The fraction of sp³-hybridized carbons (Fsp3) is 0.219. The Kier molecular flexibility index (Phi) is 8.40. The Morgan fingerprint density at radius 3 is 2.56 bits per heavy atom. The van der Waals surface area contributed by atoms with Crippen LogP contribution in [0.1, 0.15) is 45.3 Å². The fourth-order valence-electron chi connectivity index (χ4n) is 4.69. The molecule has 2 heterocycles. The maximum Gasteiger partial charge on any atom is 0.412 e. The monoisotopic (exact) mass is 609 g/mol. The van der Waals surface area contributed by atoms with Crippen molar-refractivity contribution < 1.29 is 19.1 Å². The van der Waals surface area contributed by atoms with E-state index in [-0.39, 0.29) is 24.5 Å². The Bertz CT molecular complexity index is 1680. The first-order valence-corrected chi connectivity index (χ1v) is 15.7. The number of thiazole rings is 1. The van der Waals surface area contributed by atoms with Gasteiger partial charge in [0.2, 0.25) is 5.91 Å². The first kappa shape index (κ1) is 28.5. The molecule has 1 aromatic heterocycles. The molecule has 1 aliphatic heterocycles. The molecule has 2 atom stereocenters. The second-order valence-electron chi connectivity index (χ2n) is 10.2. The molecule has 0 spiro atoms. The second kappa shape index (κ2) is 12.7. The number of hydrogen-bond donors (Lipinski definition) is 2. The van der Waals surface area contributed by atoms with Crippen LogP contribution in [0.3, 0.4) is 0 Å². The van der Waals surface area contributed by atoms with Gasteiger partial charge in [-0.15, -0.1) is 23.1 Å². The number of aromatic nitrogens is 1. The summed E-state index contributed by atoms with van der Waals surface area (Å²) in [5, 5.41) is 17.0. The maximum atomic E-state index is 13.6. The Labute approximate surface area is 256 Å². The standard InChI is InChI=1S/C32H27N5O4S2/c33-16-21-7-4-8-24(15-21)30-37(32(40)41-17-20-5-2-1-3-6-20)27(19-42-30)29(39)36-31-35-26(18-43-31)22-9-11-23(12-10-22)28(38)34-25-13-14-25/h1-12,15,18,25,27,30H,13-14,17,19H2,(H,34,38)(H,35,36,39)/t27?,30-/m1/s1. The first-order valence-electron chi connectivity index (χ1n) is 13.8. The molecule has 216 valence electrons. The zero-order chi connectivity index (χ0) is 29.8. The van der Waals surface area contributed by atoms with Gasteiger partial charge in [-0.1, -0.05) is 54.6 Å². The van der Waals surface area contributed by atoms with E-state index in [2.05, 4.69) is 21.7 Å². The lowest BCUT2D eigenvalue weighted by Gasteiger charge is -2.28. The van der Waals surface area contributed by atoms with Gasteiger partial charge in [-0.2, -0.15) is 5.26 Å². The minimum absolute atomic E-state index is 0.0665. The van der Waals surface area contributed by atoms with E-state index in [1.165, 1.54) is 28.0 Å². The quantitative estimate of drug-likeness (QED) is 0.252. The van der Waals surface area contributed by atoms with Crippen LogP contribution >= 0.6 is 23.1 Å². The summed E-state index contributed by atoms with van der Waals surface area (Å²) in [6.07, 6.45) is 1.43. The van der Waals surface area contributed by atoms with Crippen molar-refractivity contribution in [3.63, 3.8) is 0 Å². The molecule has 3 aromatic carbocycles. The van der Waals surface area contributed by atoms with Crippen LogP contribution in [0.4, 0.5) is 9.93 Å². The first-order chi connectivity index (χ1) is 21.0. The average Bonchev–Trinajstić information content (AvgIpc) is 3.54. The highest BCUT2D eigenvalue weighted by molar-refractivity contribution is 7.99. The smallest absolute Gasteiger partial charge is 0.412 e. The van der Waals surface area contributed by atoms with Crippen LogP contribution in [-0.2, 0) is 16.1 Å². The van der Waals surface area contributed by atoms with Crippen molar-refractivity contribution in [3.05, 3.63) is 106 Å². The number of thioether (sulfide) groups is 1. The molecule has 4 aromatic rings. The van der Waals surface area contributed by atoms with Crippen LogP contribution in [0.15, 0.2) is 84.2 Å². The molecule has 1 saturated carbocycles. The molecule has 0 radical (unpaired) electrons. The number of ether oxygens (including phenoxy) is 1. The van der Waals surface area contributed by atoms with Gasteiger partial charge >= 0.3 is 6.09 Å². The molecule has 1 aliphatic carbocycles. The van der Waals surface area contributed by atoms with Crippen molar-refractivity contribution in [1.82, 2.24) is 15.2 Å². The Morgan fingerprint density at radius 1 is 1.02 bits per heavy atom. The summed E-state index contributed by atoms with van der Waals surface area (Å²) >= 11 is 2.72. The third-order valence-corrected chi connectivity index (χ3v) is 9.19. The van der Waals surface area contributed by atoms with E-state index < -0.39 is 17.5 Å². The number of nitriles is 1. The lowest BCUT2D eigenvalue weighted by atomic mass is 10.1. The summed E-state index contributed by atoms with van der Waals surface area (Å²) in [6.45, 7) is 0.0665. The molecule has 3 amide bonds. The van der Waals surface area contributed by atoms with Crippen molar-refractivity contribution in [2.75, 3.05) is 11.1 Å². The van der Waals surface area contributed by atoms with Crippen LogP contribution in [0, 0.1) is 11.3 Å². The minimum Gasteiger partial charge on any atom is -0.444 e. The Hall–Kier alpha value is -4.66. The molecule has 43 heavy (non-hydrogen) atoms. The van der Waals surface area contributed by atoms with Gasteiger partial charge in [0, 0.05) is 28.3 Å².